The van der Waals surface area contributed by atoms with Crippen LogP contribution in [0.4, 0.5) is 0 Å². The molecule has 1 aliphatic rings. The van der Waals surface area contributed by atoms with E-state index in [1.807, 2.05) is 0 Å². The van der Waals surface area contributed by atoms with Gasteiger partial charge in [0.2, 0.25) is 0 Å². The van der Waals surface area contributed by atoms with Crippen LogP contribution < -0.4 is 0 Å². The van der Waals surface area contributed by atoms with Crippen LogP contribution in [0, 0.1) is 0 Å². The van der Waals surface area contributed by atoms with Crippen molar-refractivity contribution in [3.8, 4) is 0 Å². The fourth-order valence-electron chi connectivity index (χ4n) is 0.861. The third-order valence-electron chi connectivity index (χ3n) is 1.52. The van der Waals surface area contributed by atoms with Crippen LogP contribution in [0.3, 0.4) is 0 Å². The van der Waals surface area contributed by atoms with Crippen molar-refractivity contribution in [2.24, 2.45) is 0 Å². The molecule has 0 amide bonds. The minimum Gasteiger partial charge on any atom is -0.147 e. The molecule has 3 heteroatoms. The van der Waals surface area contributed by atoms with Crippen LogP contribution in [0.5, 0.6) is 0 Å². The molecule has 0 radical (unpaired) electrons. The van der Waals surface area contributed by atoms with Gasteiger partial charge in [-0.2, -0.15) is 0 Å². The third kappa shape index (κ3) is 3.25. The van der Waals surface area contributed by atoms with Crippen LogP contribution in [0.15, 0.2) is 21.1 Å². The van der Waals surface area contributed by atoms with Crippen molar-refractivity contribution in [3.63, 3.8) is 0 Å². The molecule has 0 aromatic carbocycles. The van der Waals surface area contributed by atoms with Crippen LogP contribution in [0.1, 0.15) is 20.3 Å². The maximum atomic E-state index is 2.26. The summed E-state index contributed by atoms with van der Waals surface area (Å²) in [5.74, 6) is 0. The number of hydrogen-bond donors (Lipinski definition) is 0. The maximum Gasteiger partial charge on any atom is -0.147 e. The van der Waals surface area contributed by atoms with E-state index in [9.17, 15) is 0 Å². The van der Waals surface area contributed by atoms with Crippen LogP contribution >= 0.6 is 24.8 Å². The molecule has 0 unspecified atom stereocenters. The average molecular weight is 214 g/mol. The molecule has 0 nitrogen and oxygen atoms in total. The summed E-state index contributed by atoms with van der Waals surface area (Å²) in [6, 6.07) is 0. The van der Waals surface area contributed by atoms with Gasteiger partial charge in [0.1, 0.15) is 0 Å². The summed E-state index contributed by atoms with van der Waals surface area (Å²) in [5.41, 5.74) is 2.99. The number of hydrogen-bond acceptors (Lipinski definition) is 0. The van der Waals surface area contributed by atoms with Gasteiger partial charge >= 0.3 is 61.8 Å². The summed E-state index contributed by atoms with van der Waals surface area (Å²) in [5, 5.41) is 0. The molecule has 1 rings (SSSR count). The van der Waals surface area contributed by atoms with Gasteiger partial charge in [-0.05, 0) is 0 Å². The molecule has 0 aliphatic heterocycles. The maximum absolute atomic E-state index is 2.26. The molecule has 0 atom stereocenters. The van der Waals surface area contributed by atoms with Crippen molar-refractivity contribution in [2.45, 2.75) is 20.3 Å². The van der Waals surface area contributed by atoms with Crippen molar-refractivity contribution < 1.29 is 20.4 Å². The van der Waals surface area contributed by atoms with E-state index in [1.165, 1.54) is 21.4 Å². The first-order valence-electron chi connectivity index (χ1n) is 2.78. The Morgan fingerprint density at radius 2 is 1.80 bits per heavy atom. The fraction of sp³-hybridized carbons (Fsp3) is 0.429. The third-order valence-corrected chi connectivity index (χ3v) is 2.02. The van der Waals surface area contributed by atoms with E-state index in [-0.39, 0.29) is 24.8 Å². The Balaban J connectivity index is 0. The second kappa shape index (κ2) is 5.43. The second-order valence-corrected chi connectivity index (χ2v) is 3.31. The van der Waals surface area contributed by atoms with E-state index in [0.717, 1.165) is 0 Å². The van der Waals surface area contributed by atoms with Crippen LogP contribution in [-0.2, 0) is 20.4 Å². The normalized spacial score (nSPS) is 15.5. The van der Waals surface area contributed by atoms with E-state index in [4.69, 9.17) is 0 Å². The molecule has 0 aromatic heterocycles. The molecule has 0 saturated heterocycles. The Labute approximate surface area is 86.4 Å². The van der Waals surface area contributed by atoms with E-state index >= 15 is 0 Å². The predicted molar refractivity (Wildman–Crippen MR) is 45.6 cm³/mol. The van der Waals surface area contributed by atoms with E-state index in [2.05, 4.69) is 40.4 Å². The Kier molecular flexibility index (Phi) is 7.26. The van der Waals surface area contributed by atoms with Crippen molar-refractivity contribution in [3.05, 3.63) is 21.1 Å². The van der Waals surface area contributed by atoms with Crippen LogP contribution in [-0.4, -0.2) is 0 Å². The molecule has 0 heterocycles. The van der Waals surface area contributed by atoms with Crippen molar-refractivity contribution >= 4 is 24.8 Å². The van der Waals surface area contributed by atoms with Gasteiger partial charge in [0, 0.05) is 0 Å². The van der Waals surface area contributed by atoms with E-state index in [0.29, 0.717) is 0 Å². The predicted octanol–water partition coefficient (Wildman–Crippen LogP) is 3.00. The Hall–Kier alpha value is 0.774. The second-order valence-electron chi connectivity index (χ2n) is 2.31. The SMILES string of the molecule is CC1=C(C)C[C]([Ti])=C1.Cl.Cl. The Bertz CT molecular complexity index is 170. The van der Waals surface area contributed by atoms with Crippen LogP contribution in [0.2, 0.25) is 0 Å². The minimum absolute atomic E-state index is 0. The van der Waals surface area contributed by atoms with Gasteiger partial charge in [-0.25, -0.2) is 0 Å². The molecule has 57 valence electrons. The molecule has 0 N–H and O–H groups in total. The monoisotopic (exact) mass is 213 g/mol. The summed E-state index contributed by atoms with van der Waals surface area (Å²) in [6.45, 7) is 4.37. The summed E-state index contributed by atoms with van der Waals surface area (Å²) in [6.07, 6.45) is 3.46. The summed E-state index contributed by atoms with van der Waals surface area (Å²) in [7, 11) is 0. The Morgan fingerprint density at radius 3 is 1.90 bits per heavy atom. The summed E-state index contributed by atoms with van der Waals surface area (Å²) < 4.78 is 1.50. The van der Waals surface area contributed by atoms with Gasteiger partial charge in [0.25, 0.3) is 0 Å². The zero-order valence-corrected chi connectivity index (χ0v) is 9.30. The van der Waals surface area contributed by atoms with Gasteiger partial charge in [-0.15, -0.1) is 24.8 Å². The largest absolute Gasteiger partial charge is 0.147 e. The molecule has 0 saturated carbocycles. The topological polar surface area (TPSA) is 0 Å². The zero-order valence-electron chi connectivity index (χ0n) is 6.10. The van der Waals surface area contributed by atoms with E-state index < -0.39 is 0 Å². The molecule has 10 heavy (non-hydrogen) atoms. The molecular weight excluding hydrogens is 203 g/mol. The molecular formula is C7H11Cl2Ti. The molecule has 0 aromatic rings. The Morgan fingerprint density at radius 1 is 1.30 bits per heavy atom. The first kappa shape index (κ1) is 13.4. The first-order chi connectivity index (χ1) is 3.70. The molecule has 0 bridgehead atoms. The number of halogens is 2. The van der Waals surface area contributed by atoms with Gasteiger partial charge in [-0.3, -0.25) is 0 Å². The quantitative estimate of drug-likeness (QED) is 0.543. The number of allylic oxidation sites excluding steroid dienone is 4. The van der Waals surface area contributed by atoms with Crippen molar-refractivity contribution in [2.75, 3.05) is 0 Å². The fourth-order valence-corrected chi connectivity index (χ4v) is 1.61. The smallest absolute Gasteiger partial charge is 0.147 e. The van der Waals surface area contributed by atoms with Gasteiger partial charge in [-0.1, -0.05) is 0 Å². The van der Waals surface area contributed by atoms with Crippen LogP contribution in [0.25, 0.3) is 0 Å². The standard InChI is InChI=1S/C7H9.2ClH.Ti/c1-6-4-3-5-7(6)2;;;/h4H,5H2,1-2H3;2*1H;. The average Bonchev–Trinajstić information content (AvgIpc) is 1.85. The molecule has 0 spiro atoms. The van der Waals surface area contributed by atoms with Gasteiger partial charge in [0.15, 0.2) is 0 Å². The van der Waals surface area contributed by atoms with Crippen molar-refractivity contribution in [1.29, 1.82) is 0 Å². The minimum atomic E-state index is 0. The summed E-state index contributed by atoms with van der Waals surface area (Å²) >= 11 is 2.18. The number of rotatable bonds is 0. The van der Waals surface area contributed by atoms with Gasteiger partial charge in [0.05, 0.1) is 0 Å². The zero-order chi connectivity index (χ0) is 6.15. The van der Waals surface area contributed by atoms with Crippen molar-refractivity contribution in [1.82, 2.24) is 0 Å². The molecule has 0 fully saturated rings. The summed E-state index contributed by atoms with van der Waals surface area (Å²) in [4.78, 5) is 0. The first-order valence-corrected chi connectivity index (χ1v) is 3.57. The van der Waals surface area contributed by atoms with Gasteiger partial charge < -0.3 is 0 Å². The van der Waals surface area contributed by atoms with E-state index in [1.54, 1.807) is 0 Å². The molecule has 1 aliphatic carbocycles.